The Morgan fingerprint density at radius 3 is 1.76 bits per heavy atom. The Morgan fingerprint density at radius 1 is 0.389 bits per heavy atom. The van der Waals surface area contributed by atoms with Gasteiger partial charge in [-0.25, -0.2) is 9.97 Å². The molecule has 0 amide bonds. The van der Waals surface area contributed by atoms with Gasteiger partial charge in [-0.1, -0.05) is 152 Å². The Labute approximate surface area is 310 Å². The van der Waals surface area contributed by atoms with E-state index in [0.717, 1.165) is 39.1 Å². The van der Waals surface area contributed by atoms with E-state index in [-0.39, 0.29) is 0 Å². The lowest BCUT2D eigenvalue weighted by atomic mass is 9.96. The Morgan fingerprint density at radius 2 is 1.00 bits per heavy atom. The topological polar surface area (TPSA) is 35.1 Å². The minimum Gasteiger partial charge on any atom is -0.307 e. The van der Waals surface area contributed by atoms with Gasteiger partial charge in [0.15, 0.2) is 5.82 Å². The van der Waals surface area contributed by atoms with Crippen LogP contribution in [-0.4, -0.2) is 18.9 Å². The van der Waals surface area contributed by atoms with Crippen LogP contribution in [0.2, 0.25) is 0 Å². The highest BCUT2D eigenvalue weighted by Gasteiger charge is 2.29. The third kappa shape index (κ3) is 3.97. The second-order valence-corrected chi connectivity index (χ2v) is 14.1. The average Bonchev–Trinajstić information content (AvgIpc) is 3.74. The first kappa shape index (κ1) is 29.3. The van der Waals surface area contributed by atoms with E-state index in [9.17, 15) is 0 Å². The van der Waals surface area contributed by atoms with Crippen LogP contribution in [0.15, 0.2) is 182 Å². The summed E-state index contributed by atoms with van der Waals surface area (Å²) in [5.41, 5.74) is 13.0. The van der Waals surface area contributed by atoms with E-state index >= 15 is 0 Å². The van der Waals surface area contributed by atoms with Crippen molar-refractivity contribution in [3.63, 3.8) is 0 Å². The molecule has 250 valence electrons. The van der Waals surface area contributed by atoms with Crippen molar-refractivity contribution >= 4 is 70.8 Å². The molecule has 0 fully saturated rings. The van der Waals surface area contributed by atoms with Gasteiger partial charge in [-0.2, -0.15) is 0 Å². The van der Waals surface area contributed by atoms with Gasteiger partial charge >= 0.3 is 0 Å². The Balaban J connectivity index is 1.40. The summed E-state index contributed by atoms with van der Waals surface area (Å²) in [6.45, 7) is 0. The first-order valence-corrected chi connectivity index (χ1v) is 18.4. The van der Waals surface area contributed by atoms with Gasteiger partial charge in [-0.3, -0.25) is 4.57 Å². The largest absolute Gasteiger partial charge is 0.307 e. The minimum atomic E-state index is 0.820. The lowest BCUT2D eigenvalue weighted by molar-refractivity contribution is 1.08. The van der Waals surface area contributed by atoms with Crippen LogP contribution in [0.4, 0.5) is 0 Å². The number of fused-ring (bicyclic) bond motifs is 6. The summed E-state index contributed by atoms with van der Waals surface area (Å²) < 4.78 is 4.96. The minimum absolute atomic E-state index is 0.820. The SMILES string of the molecule is c1ccc(-c2nc3ccccc3nc2-n2c3ccc4c(-c5ccccc5)c(-c5ccccc5)n5c6ccccc6c6cc7ccccc7c2c6c3c45)cc1. The predicted octanol–water partition coefficient (Wildman–Crippen LogP) is 12.9. The van der Waals surface area contributed by atoms with Gasteiger partial charge in [0.05, 0.1) is 38.8 Å². The van der Waals surface area contributed by atoms with Crippen LogP contribution < -0.4 is 0 Å². The van der Waals surface area contributed by atoms with Crippen LogP contribution in [0.1, 0.15) is 0 Å². The molecule has 4 heterocycles. The molecule has 0 aliphatic heterocycles. The fraction of sp³-hybridized carbons (Fsp3) is 0. The summed E-state index contributed by atoms with van der Waals surface area (Å²) in [4.78, 5) is 10.9. The van der Waals surface area contributed by atoms with Gasteiger partial charge < -0.3 is 4.40 Å². The fourth-order valence-corrected chi connectivity index (χ4v) is 9.01. The third-order valence-electron chi connectivity index (χ3n) is 11.2. The maximum absolute atomic E-state index is 5.51. The van der Waals surface area contributed by atoms with Gasteiger partial charge in [0.2, 0.25) is 0 Å². The highest BCUT2D eigenvalue weighted by Crippen LogP contribution is 2.50. The van der Waals surface area contributed by atoms with Crippen LogP contribution in [0.5, 0.6) is 0 Å². The normalized spacial score (nSPS) is 12.1. The summed E-state index contributed by atoms with van der Waals surface area (Å²) >= 11 is 0. The van der Waals surface area contributed by atoms with E-state index in [0.29, 0.717) is 0 Å². The number of benzene rings is 8. The molecule has 0 radical (unpaired) electrons. The molecule has 12 rings (SSSR count). The summed E-state index contributed by atoms with van der Waals surface area (Å²) in [5, 5.41) is 8.44. The van der Waals surface area contributed by atoms with Crippen molar-refractivity contribution in [2.75, 3.05) is 0 Å². The molecule has 0 N–H and O–H groups in total. The van der Waals surface area contributed by atoms with Crippen molar-refractivity contribution < 1.29 is 0 Å². The molecule has 0 aliphatic carbocycles. The zero-order valence-corrected chi connectivity index (χ0v) is 29.1. The Hall–Kier alpha value is -7.30. The van der Waals surface area contributed by atoms with Gasteiger partial charge in [0, 0.05) is 38.1 Å². The second kappa shape index (κ2) is 11.1. The van der Waals surface area contributed by atoms with E-state index in [1.165, 1.54) is 71.1 Å². The van der Waals surface area contributed by atoms with Crippen molar-refractivity contribution in [1.29, 1.82) is 0 Å². The number of para-hydroxylation sites is 3. The van der Waals surface area contributed by atoms with Crippen LogP contribution >= 0.6 is 0 Å². The van der Waals surface area contributed by atoms with Crippen LogP contribution in [-0.2, 0) is 0 Å². The smallest absolute Gasteiger partial charge is 0.165 e. The molecule has 4 aromatic heterocycles. The standard InChI is InChI=1S/C50H30N4/c1-4-16-31(17-5-1)43-37-28-29-42-45-44-38(36-24-12-15-27-41(36)53(49(37)45)47(43)33-20-8-3-9-21-33)30-34-22-10-11-23-35(34)48(44)54(42)50-46(32-18-6-2-7-19-32)51-39-25-13-14-26-40(39)52-50/h1-30H. The van der Waals surface area contributed by atoms with Gasteiger partial charge in [0.1, 0.15) is 5.69 Å². The van der Waals surface area contributed by atoms with E-state index in [4.69, 9.17) is 9.97 Å². The van der Waals surface area contributed by atoms with Gasteiger partial charge in [-0.05, 0) is 52.2 Å². The number of rotatable bonds is 4. The van der Waals surface area contributed by atoms with E-state index < -0.39 is 0 Å². The summed E-state index contributed by atoms with van der Waals surface area (Å²) in [5.74, 6) is 0.820. The van der Waals surface area contributed by atoms with Gasteiger partial charge in [0.25, 0.3) is 0 Å². The molecular formula is C50H30N4. The Bertz CT molecular complexity index is 3410. The molecule has 0 saturated carbocycles. The van der Waals surface area contributed by atoms with E-state index in [1.54, 1.807) is 0 Å². The molecule has 4 nitrogen and oxygen atoms in total. The number of nitrogens with zero attached hydrogens (tertiary/aromatic N) is 4. The lowest BCUT2D eigenvalue weighted by Crippen LogP contribution is -2.04. The molecule has 0 saturated heterocycles. The first-order valence-electron chi connectivity index (χ1n) is 18.4. The second-order valence-electron chi connectivity index (χ2n) is 14.1. The molecule has 0 aliphatic rings. The van der Waals surface area contributed by atoms with E-state index in [2.05, 4.69) is 179 Å². The summed E-state index contributed by atoms with van der Waals surface area (Å²) in [6, 6.07) is 65.2. The summed E-state index contributed by atoms with van der Waals surface area (Å²) in [7, 11) is 0. The van der Waals surface area contributed by atoms with Crippen molar-refractivity contribution in [2.24, 2.45) is 0 Å². The molecule has 8 aromatic carbocycles. The molecule has 0 spiro atoms. The lowest BCUT2D eigenvalue weighted by Gasteiger charge is -2.15. The van der Waals surface area contributed by atoms with Crippen molar-refractivity contribution in [3.8, 4) is 39.5 Å². The molecule has 0 atom stereocenters. The maximum Gasteiger partial charge on any atom is 0.165 e. The zero-order chi connectivity index (χ0) is 35.3. The predicted molar refractivity (Wildman–Crippen MR) is 225 cm³/mol. The number of hydrogen-bond donors (Lipinski definition) is 0. The molecule has 4 heteroatoms. The van der Waals surface area contributed by atoms with Crippen LogP contribution in [0, 0.1) is 0 Å². The molecule has 0 bridgehead atoms. The average molecular weight is 687 g/mol. The zero-order valence-electron chi connectivity index (χ0n) is 29.1. The van der Waals surface area contributed by atoms with Crippen molar-refractivity contribution in [1.82, 2.24) is 18.9 Å². The monoisotopic (exact) mass is 686 g/mol. The van der Waals surface area contributed by atoms with Gasteiger partial charge in [-0.15, -0.1) is 0 Å². The number of hydrogen-bond acceptors (Lipinski definition) is 2. The highest BCUT2D eigenvalue weighted by molar-refractivity contribution is 6.36. The Kier molecular flexibility index (Phi) is 6.02. The van der Waals surface area contributed by atoms with Crippen LogP contribution in [0.3, 0.4) is 0 Å². The quantitative estimate of drug-likeness (QED) is 0.185. The maximum atomic E-state index is 5.51. The van der Waals surface area contributed by atoms with E-state index in [1.807, 2.05) is 12.1 Å². The summed E-state index contributed by atoms with van der Waals surface area (Å²) in [6.07, 6.45) is 0. The molecule has 12 aromatic rings. The fourth-order valence-electron chi connectivity index (χ4n) is 9.01. The van der Waals surface area contributed by atoms with Crippen LogP contribution in [0.25, 0.3) is 110 Å². The van der Waals surface area contributed by atoms with Crippen molar-refractivity contribution in [2.45, 2.75) is 0 Å². The molecular weight excluding hydrogens is 657 g/mol. The highest BCUT2D eigenvalue weighted by atomic mass is 15.1. The first-order chi connectivity index (χ1) is 26.8. The molecule has 54 heavy (non-hydrogen) atoms. The number of aromatic nitrogens is 4. The van der Waals surface area contributed by atoms with Crippen molar-refractivity contribution in [3.05, 3.63) is 182 Å². The molecule has 0 unspecified atom stereocenters. The third-order valence-corrected chi connectivity index (χ3v) is 11.2.